The van der Waals surface area contributed by atoms with Gasteiger partial charge >= 0.3 is 5.97 Å². The number of carbonyl (C=O) groups is 2. The van der Waals surface area contributed by atoms with Crippen molar-refractivity contribution in [2.75, 3.05) is 18.5 Å². The molecule has 7 heteroatoms. The molecule has 0 unspecified atom stereocenters. The van der Waals surface area contributed by atoms with Gasteiger partial charge in [-0.3, -0.25) is 9.59 Å². The second-order valence-corrected chi connectivity index (χ2v) is 7.40. The van der Waals surface area contributed by atoms with Crippen LogP contribution in [0.5, 0.6) is 5.75 Å². The molecule has 2 aromatic rings. The number of rotatable bonds is 7. The zero-order valence-electron chi connectivity index (χ0n) is 15.0. The van der Waals surface area contributed by atoms with Crippen molar-refractivity contribution >= 4 is 28.2 Å². The molecule has 140 valence electrons. The van der Waals surface area contributed by atoms with Crippen LogP contribution in [0.3, 0.4) is 0 Å². The Bertz CT molecular complexity index is 881. The van der Waals surface area contributed by atoms with Gasteiger partial charge in [-0.25, -0.2) is 0 Å². The van der Waals surface area contributed by atoms with Gasteiger partial charge in [0.1, 0.15) is 16.8 Å². The summed E-state index contributed by atoms with van der Waals surface area (Å²) in [6, 6.07) is 9.68. The van der Waals surface area contributed by atoms with E-state index in [0.717, 1.165) is 35.3 Å². The van der Waals surface area contributed by atoms with E-state index in [9.17, 15) is 14.9 Å². The van der Waals surface area contributed by atoms with Gasteiger partial charge in [0.2, 0.25) is 0 Å². The maximum Gasteiger partial charge on any atom is 0.309 e. The third-order valence-electron chi connectivity index (χ3n) is 4.25. The highest BCUT2D eigenvalue weighted by Gasteiger charge is 2.23. The van der Waals surface area contributed by atoms with Crippen LogP contribution in [0, 0.1) is 18.3 Å². The number of ether oxygens (including phenoxy) is 2. The molecule has 0 bridgehead atoms. The highest BCUT2D eigenvalue weighted by molar-refractivity contribution is 7.16. The summed E-state index contributed by atoms with van der Waals surface area (Å²) in [6.07, 6.45) is 2.92. The zero-order valence-corrected chi connectivity index (χ0v) is 15.9. The van der Waals surface area contributed by atoms with Crippen LogP contribution in [0.1, 0.15) is 34.4 Å². The van der Waals surface area contributed by atoms with E-state index in [1.54, 1.807) is 0 Å². The molecule has 0 saturated carbocycles. The molecule has 1 aromatic heterocycles. The lowest BCUT2D eigenvalue weighted by atomic mass is 10.1. The van der Waals surface area contributed by atoms with Crippen LogP contribution in [-0.2, 0) is 27.2 Å². The van der Waals surface area contributed by atoms with Crippen molar-refractivity contribution in [2.24, 2.45) is 0 Å². The van der Waals surface area contributed by atoms with Gasteiger partial charge in [-0.15, -0.1) is 11.3 Å². The van der Waals surface area contributed by atoms with E-state index in [1.807, 2.05) is 31.2 Å². The van der Waals surface area contributed by atoms with Crippen LogP contribution >= 0.6 is 11.3 Å². The normalized spacial score (nSPS) is 12.1. The van der Waals surface area contributed by atoms with Gasteiger partial charge in [0.05, 0.1) is 18.6 Å². The molecule has 1 aliphatic rings. The topological polar surface area (TPSA) is 88.4 Å². The lowest BCUT2D eigenvalue weighted by molar-refractivity contribution is -0.147. The summed E-state index contributed by atoms with van der Waals surface area (Å²) in [5.74, 6) is -0.272. The van der Waals surface area contributed by atoms with Gasteiger partial charge in [0, 0.05) is 4.88 Å². The van der Waals surface area contributed by atoms with Crippen molar-refractivity contribution in [2.45, 2.75) is 32.6 Å². The summed E-state index contributed by atoms with van der Waals surface area (Å²) in [4.78, 5) is 24.9. The average Bonchev–Trinajstić information content (AvgIpc) is 3.22. The minimum absolute atomic E-state index is 0.0535. The summed E-state index contributed by atoms with van der Waals surface area (Å²) in [6.45, 7) is 1.78. The molecule has 3 rings (SSSR count). The fourth-order valence-corrected chi connectivity index (χ4v) is 4.13. The van der Waals surface area contributed by atoms with E-state index in [0.29, 0.717) is 16.3 Å². The Morgan fingerprint density at radius 2 is 2.04 bits per heavy atom. The second-order valence-electron chi connectivity index (χ2n) is 6.29. The van der Waals surface area contributed by atoms with Gasteiger partial charge in [0.15, 0.2) is 6.61 Å². The van der Waals surface area contributed by atoms with Crippen molar-refractivity contribution in [1.82, 2.24) is 0 Å². The van der Waals surface area contributed by atoms with Gasteiger partial charge in [-0.05, 0) is 43.9 Å². The molecule has 0 spiro atoms. The van der Waals surface area contributed by atoms with E-state index in [2.05, 4.69) is 11.4 Å². The fraction of sp³-hybridized carbons (Fsp3) is 0.350. The molecule has 1 heterocycles. The van der Waals surface area contributed by atoms with Crippen molar-refractivity contribution in [1.29, 1.82) is 5.26 Å². The maximum atomic E-state index is 12.0. The average molecular weight is 384 g/mol. The molecule has 0 aliphatic heterocycles. The standard InChI is InChI=1S/C20H20N2O4S/c1-13-5-7-14(8-6-13)25-10-9-19(24)26-12-18(23)22-20-16(11-21)15-3-2-4-17(15)27-20/h5-8H,2-4,9-10,12H2,1H3,(H,22,23). The zero-order chi connectivity index (χ0) is 19.2. The van der Waals surface area contributed by atoms with Crippen molar-refractivity contribution < 1.29 is 19.1 Å². The number of hydrogen-bond acceptors (Lipinski definition) is 6. The molecule has 1 aromatic carbocycles. The van der Waals surface area contributed by atoms with Crippen molar-refractivity contribution in [3.63, 3.8) is 0 Å². The summed E-state index contributed by atoms with van der Waals surface area (Å²) in [5.41, 5.74) is 2.71. The molecular weight excluding hydrogens is 364 g/mol. The molecular formula is C20H20N2O4S. The Labute approximate surface area is 161 Å². The SMILES string of the molecule is Cc1ccc(OCCC(=O)OCC(=O)Nc2sc3c(c2C#N)CCC3)cc1. The first kappa shape index (κ1) is 18.9. The lowest BCUT2D eigenvalue weighted by Crippen LogP contribution is -2.21. The number of hydrogen-bond donors (Lipinski definition) is 1. The van der Waals surface area contributed by atoms with Crippen molar-refractivity contribution in [3.8, 4) is 11.8 Å². The highest BCUT2D eigenvalue weighted by atomic mass is 32.1. The molecule has 0 saturated heterocycles. The Kier molecular flexibility index (Phi) is 6.09. The number of nitrogens with one attached hydrogen (secondary N) is 1. The van der Waals surface area contributed by atoms with Crippen LogP contribution in [0.25, 0.3) is 0 Å². The largest absolute Gasteiger partial charge is 0.493 e. The number of nitriles is 1. The van der Waals surface area contributed by atoms with E-state index >= 15 is 0 Å². The molecule has 0 atom stereocenters. The molecule has 0 fully saturated rings. The first-order chi connectivity index (χ1) is 13.1. The van der Waals surface area contributed by atoms with E-state index in [4.69, 9.17) is 9.47 Å². The number of anilines is 1. The number of carbonyl (C=O) groups excluding carboxylic acids is 2. The molecule has 0 radical (unpaired) electrons. The Morgan fingerprint density at radius 3 is 2.78 bits per heavy atom. The van der Waals surface area contributed by atoms with Crippen LogP contribution in [-0.4, -0.2) is 25.1 Å². The van der Waals surface area contributed by atoms with Crippen LogP contribution < -0.4 is 10.1 Å². The van der Waals surface area contributed by atoms with Gasteiger partial charge < -0.3 is 14.8 Å². The molecule has 1 N–H and O–H groups in total. The fourth-order valence-electron chi connectivity index (χ4n) is 2.88. The molecule has 1 amide bonds. The molecule has 1 aliphatic carbocycles. The summed E-state index contributed by atoms with van der Waals surface area (Å²) in [7, 11) is 0. The van der Waals surface area contributed by atoms with E-state index in [1.165, 1.54) is 11.3 Å². The number of thiophene rings is 1. The van der Waals surface area contributed by atoms with Crippen LogP contribution in [0.15, 0.2) is 24.3 Å². The van der Waals surface area contributed by atoms with Gasteiger partial charge in [-0.2, -0.15) is 5.26 Å². The number of esters is 1. The van der Waals surface area contributed by atoms with Crippen LogP contribution in [0.2, 0.25) is 0 Å². The minimum atomic E-state index is -0.508. The number of aryl methyl sites for hydroxylation is 2. The third-order valence-corrected chi connectivity index (χ3v) is 5.45. The van der Waals surface area contributed by atoms with Crippen molar-refractivity contribution in [3.05, 3.63) is 45.8 Å². The number of benzene rings is 1. The minimum Gasteiger partial charge on any atom is -0.493 e. The first-order valence-corrected chi connectivity index (χ1v) is 9.58. The number of nitrogens with zero attached hydrogens (tertiary/aromatic N) is 1. The highest BCUT2D eigenvalue weighted by Crippen LogP contribution is 2.38. The quantitative estimate of drug-likeness (QED) is 0.740. The molecule has 27 heavy (non-hydrogen) atoms. The summed E-state index contributed by atoms with van der Waals surface area (Å²) < 4.78 is 10.4. The number of fused-ring (bicyclic) bond motifs is 1. The first-order valence-electron chi connectivity index (χ1n) is 8.76. The van der Waals surface area contributed by atoms with Gasteiger partial charge in [-0.1, -0.05) is 17.7 Å². The number of amides is 1. The summed E-state index contributed by atoms with van der Waals surface area (Å²) >= 11 is 1.43. The monoisotopic (exact) mass is 384 g/mol. The van der Waals surface area contributed by atoms with E-state index in [-0.39, 0.29) is 19.6 Å². The van der Waals surface area contributed by atoms with E-state index < -0.39 is 11.9 Å². The Hall–Kier alpha value is -2.85. The maximum absolute atomic E-state index is 12.0. The third kappa shape index (κ3) is 4.86. The van der Waals surface area contributed by atoms with Gasteiger partial charge in [0.25, 0.3) is 5.91 Å². The Balaban J connectivity index is 1.41. The van der Waals surface area contributed by atoms with Crippen LogP contribution in [0.4, 0.5) is 5.00 Å². The lowest BCUT2D eigenvalue weighted by Gasteiger charge is -2.07. The predicted octanol–water partition coefficient (Wildman–Crippen LogP) is 3.37. The Morgan fingerprint density at radius 1 is 1.26 bits per heavy atom. The molecule has 6 nitrogen and oxygen atoms in total. The predicted molar refractivity (Wildman–Crippen MR) is 102 cm³/mol. The summed E-state index contributed by atoms with van der Waals surface area (Å²) in [5, 5.41) is 12.5. The second kappa shape index (κ2) is 8.69. The smallest absolute Gasteiger partial charge is 0.309 e.